The van der Waals surface area contributed by atoms with Gasteiger partial charge in [0.25, 0.3) is 0 Å². The molecule has 0 radical (unpaired) electrons. The van der Waals surface area contributed by atoms with Gasteiger partial charge in [-0.25, -0.2) is 0 Å². The van der Waals surface area contributed by atoms with Gasteiger partial charge in [0.2, 0.25) is 5.91 Å². The highest BCUT2D eigenvalue weighted by molar-refractivity contribution is 5.87. The molecule has 0 bridgehead atoms. The third-order valence-corrected chi connectivity index (χ3v) is 3.19. The van der Waals surface area contributed by atoms with Crippen LogP contribution >= 0.6 is 0 Å². The molecule has 0 aromatic heterocycles. The van der Waals surface area contributed by atoms with E-state index in [0.29, 0.717) is 0 Å². The van der Waals surface area contributed by atoms with E-state index in [0.717, 1.165) is 12.2 Å². The highest BCUT2D eigenvalue weighted by Gasteiger charge is 2.32. The van der Waals surface area contributed by atoms with Crippen molar-refractivity contribution < 1.29 is 4.79 Å². The van der Waals surface area contributed by atoms with Crippen molar-refractivity contribution in [3.8, 4) is 6.07 Å². The molecule has 0 aliphatic carbocycles. The number of carbonyl (C=O) groups excluding carboxylic acids is 1. The van der Waals surface area contributed by atoms with Crippen LogP contribution in [0, 0.1) is 18.3 Å². The van der Waals surface area contributed by atoms with Gasteiger partial charge < -0.3 is 10.2 Å². The smallest absolute Gasteiger partial charge is 0.244 e. The molecule has 1 aromatic rings. The van der Waals surface area contributed by atoms with Crippen molar-refractivity contribution in [1.29, 1.82) is 5.26 Å². The fourth-order valence-electron chi connectivity index (χ4n) is 2.26. The van der Waals surface area contributed by atoms with Gasteiger partial charge >= 0.3 is 0 Å². The maximum atomic E-state index is 11.9. The number of amides is 1. The Hall–Kier alpha value is -2.02. The van der Waals surface area contributed by atoms with Gasteiger partial charge in [-0.2, -0.15) is 5.26 Å². The normalized spacial score (nSPS) is 23.4. The lowest BCUT2D eigenvalue weighted by Crippen LogP contribution is -2.59. The van der Waals surface area contributed by atoms with Crippen LogP contribution in [-0.2, 0) is 4.79 Å². The van der Waals surface area contributed by atoms with Gasteiger partial charge in [-0.3, -0.25) is 4.79 Å². The molecule has 1 aromatic carbocycles. The summed E-state index contributed by atoms with van der Waals surface area (Å²) in [6, 6.07) is 9.87. The van der Waals surface area contributed by atoms with Gasteiger partial charge in [0.05, 0.1) is 12.5 Å². The maximum absolute atomic E-state index is 11.9. The van der Waals surface area contributed by atoms with Crippen LogP contribution in [-0.4, -0.2) is 24.5 Å². The van der Waals surface area contributed by atoms with Crippen LogP contribution in [0.15, 0.2) is 24.3 Å². The number of piperazine rings is 1. The van der Waals surface area contributed by atoms with E-state index in [1.54, 1.807) is 0 Å². The molecular formula is C14H17N3O. The Morgan fingerprint density at radius 1 is 1.44 bits per heavy atom. The molecule has 0 saturated carbocycles. The van der Waals surface area contributed by atoms with E-state index >= 15 is 0 Å². The molecule has 1 heterocycles. The second kappa shape index (κ2) is 5.09. The Morgan fingerprint density at radius 3 is 2.72 bits per heavy atom. The molecule has 2 atom stereocenters. The predicted molar refractivity (Wildman–Crippen MR) is 70.1 cm³/mol. The highest BCUT2D eigenvalue weighted by Crippen LogP contribution is 2.22. The number of carbonyl (C=O) groups is 1. The first-order valence-electron chi connectivity index (χ1n) is 6.12. The number of hydrogen-bond acceptors (Lipinski definition) is 3. The molecule has 18 heavy (non-hydrogen) atoms. The monoisotopic (exact) mass is 243 g/mol. The number of nitrogens with zero attached hydrogens (tertiary/aromatic N) is 2. The summed E-state index contributed by atoms with van der Waals surface area (Å²) in [5.74, 6) is -0.0594. The zero-order valence-corrected chi connectivity index (χ0v) is 10.7. The molecule has 1 aliphatic heterocycles. The van der Waals surface area contributed by atoms with E-state index in [1.807, 2.05) is 43.0 Å². The molecule has 1 fully saturated rings. The van der Waals surface area contributed by atoms with Crippen molar-refractivity contribution in [2.45, 2.75) is 32.4 Å². The van der Waals surface area contributed by atoms with Gasteiger partial charge in [0.1, 0.15) is 6.04 Å². The average molecular weight is 243 g/mol. The van der Waals surface area contributed by atoms with Crippen LogP contribution in [0.5, 0.6) is 0 Å². The molecule has 1 amide bonds. The summed E-state index contributed by atoms with van der Waals surface area (Å²) in [7, 11) is 0. The third-order valence-electron chi connectivity index (χ3n) is 3.19. The molecule has 2 rings (SSSR count). The van der Waals surface area contributed by atoms with Gasteiger partial charge in [-0.15, -0.1) is 0 Å². The minimum atomic E-state index is -0.381. The Balaban J connectivity index is 2.29. The number of hydrogen-bond donors (Lipinski definition) is 1. The van der Waals surface area contributed by atoms with Crippen molar-refractivity contribution in [3.63, 3.8) is 0 Å². The molecule has 1 N–H and O–H groups in total. The molecule has 2 unspecified atom stereocenters. The molecule has 4 heteroatoms. The van der Waals surface area contributed by atoms with Gasteiger partial charge in [-0.1, -0.05) is 17.7 Å². The Bertz CT molecular complexity index is 475. The predicted octanol–water partition coefficient (Wildman–Crippen LogP) is 1.60. The van der Waals surface area contributed by atoms with E-state index in [2.05, 4.69) is 11.4 Å². The van der Waals surface area contributed by atoms with E-state index < -0.39 is 0 Å². The minimum absolute atomic E-state index is 0.0594. The average Bonchev–Trinajstić information content (AvgIpc) is 2.33. The summed E-state index contributed by atoms with van der Waals surface area (Å²) in [5.41, 5.74) is 2.19. The van der Waals surface area contributed by atoms with Crippen LogP contribution in [0.4, 0.5) is 5.69 Å². The van der Waals surface area contributed by atoms with E-state index in [-0.39, 0.29) is 24.4 Å². The summed E-state index contributed by atoms with van der Waals surface area (Å²) in [6.07, 6.45) is 0.215. The van der Waals surface area contributed by atoms with Gasteiger partial charge in [-0.05, 0) is 26.0 Å². The van der Waals surface area contributed by atoms with Crippen LogP contribution < -0.4 is 10.2 Å². The second-order valence-corrected chi connectivity index (χ2v) is 4.78. The van der Waals surface area contributed by atoms with Crippen molar-refractivity contribution >= 4 is 11.6 Å². The fourth-order valence-corrected chi connectivity index (χ4v) is 2.26. The maximum Gasteiger partial charge on any atom is 0.244 e. The van der Waals surface area contributed by atoms with Crippen molar-refractivity contribution in [2.75, 3.05) is 11.4 Å². The van der Waals surface area contributed by atoms with Gasteiger partial charge in [0, 0.05) is 18.3 Å². The molecule has 1 saturated heterocycles. The molecule has 94 valence electrons. The molecule has 1 aliphatic rings. The number of anilines is 1. The topological polar surface area (TPSA) is 56.1 Å². The zero-order chi connectivity index (χ0) is 13.1. The summed E-state index contributed by atoms with van der Waals surface area (Å²) in [4.78, 5) is 14.0. The number of benzene rings is 1. The summed E-state index contributed by atoms with van der Waals surface area (Å²) in [6.45, 7) is 4.74. The summed E-state index contributed by atoms with van der Waals surface area (Å²) >= 11 is 0. The quantitative estimate of drug-likeness (QED) is 0.858. The number of rotatable bonds is 2. The van der Waals surface area contributed by atoms with Crippen LogP contribution in [0.2, 0.25) is 0 Å². The Morgan fingerprint density at radius 2 is 2.11 bits per heavy atom. The molecule has 0 spiro atoms. The lowest BCUT2D eigenvalue weighted by atomic mass is 10.0. The Kier molecular flexibility index (Phi) is 3.52. The SMILES string of the molecule is Cc1ccc(N2CC(C)NC(=O)C2CC#N)cc1. The second-order valence-electron chi connectivity index (χ2n) is 4.78. The molecule has 4 nitrogen and oxygen atoms in total. The van der Waals surface area contributed by atoms with E-state index in [4.69, 9.17) is 5.26 Å². The van der Waals surface area contributed by atoms with E-state index in [9.17, 15) is 4.79 Å². The lowest BCUT2D eigenvalue weighted by molar-refractivity contribution is -0.124. The zero-order valence-electron chi connectivity index (χ0n) is 10.7. The van der Waals surface area contributed by atoms with Crippen LogP contribution in [0.1, 0.15) is 18.9 Å². The fraction of sp³-hybridized carbons (Fsp3) is 0.429. The van der Waals surface area contributed by atoms with Crippen molar-refractivity contribution in [3.05, 3.63) is 29.8 Å². The van der Waals surface area contributed by atoms with Crippen LogP contribution in [0.3, 0.4) is 0 Å². The summed E-state index contributed by atoms with van der Waals surface area (Å²) in [5, 5.41) is 11.7. The Labute approximate surface area is 107 Å². The first-order chi connectivity index (χ1) is 8.61. The van der Waals surface area contributed by atoms with E-state index in [1.165, 1.54) is 5.56 Å². The third kappa shape index (κ3) is 2.45. The largest absolute Gasteiger partial charge is 0.357 e. The van der Waals surface area contributed by atoms with Crippen molar-refractivity contribution in [2.24, 2.45) is 0 Å². The van der Waals surface area contributed by atoms with Gasteiger partial charge in [0.15, 0.2) is 0 Å². The van der Waals surface area contributed by atoms with Crippen molar-refractivity contribution in [1.82, 2.24) is 5.32 Å². The highest BCUT2D eigenvalue weighted by atomic mass is 16.2. The van der Waals surface area contributed by atoms with Crippen LogP contribution in [0.25, 0.3) is 0 Å². The number of nitriles is 1. The first kappa shape index (κ1) is 12.4. The summed E-state index contributed by atoms with van der Waals surface area (Å²) < 4.78 is 0. The standard InChI is InChI=1S/C14H17N3O/c1-10-3-5-12(6-4-10)17-9-11(2)16-14(18)13(17)7-8-15/h3-6,11,13H,7,9H2,1-2H3,(H,16,18). The first-order valence-corrected chi connectivity index (χ1v) is 6.12. The molecular weight excluding hydrogens is 226 g/mol. The number of nitrogens with one attached hydrogen (secondary N) is 1. The number of aryl methyl sites for hydroxylation is 1. The minimum Gasteiger partial charge on any atom is -0.357 e. The lowest BCUT2D eigenvalue weighted by Gasteiger charge is -2.39.